The first-order valence-electron chi connectivity index (χ1n) is 6.73. The summed E-state index contributed by atoms with van der Waals surface area (Å²) in [5, 5.41) is 7.49. The summed E-state index contributed by atoms with van der Waals surface area (Å²) in [5.41, 5.74) is 7.61. The summed E-state index contributed by atoms with van der Waals surface area (Å²) in [6.07, 6.45) is 2.62. The highest BCUT2D eigenvalue weighted by atomic mass is 15.2. The number of hydrogen-bond acceptors (Lipinski definition) is 2. The Kier molecular flexibility index (Phi) is 4.02. The van der Waals surface area contributed by atoms with Crippen LogP contribution < -0.4 is 5.73 Å². The number of rotatable bonds is 3. The smallest absolute Gasteiger partial charge is 0.122 e. The summed E-state index contributed by atoms with van der Waals surface area (Å²) in [7, 11) is 0. The van der Waals surface area contributed by atoms with Crippen LogP contribution in [0.3, 0.4) is 0 Å². The van der Waals surface area contributed by atoms with Crippen molar-refractivity contribution in [3.63, 3.8) is 0 Å². The third kappa shape index (κ3) is 3.10. The van der Waals surface area contributed by atoms with Crippen LogP contribution in [-0.2, 0) is 6.54 Å². The predicted molar refractivity (Wildman–Crippen MR) is 75.7 cm³/mol. The standard InChI is InChI=1S/C15H23N3/c1-11-6-7-12(2)18(9-11)10-13-4-3-5-14(8-13)15(16)17/h3-5,8,11-12H,6-7,9-10H2,1-2H3,(H3,16,17). The Morgan fingerprint density at radius 2 is 2.17 bits per heavy atom. The van der Waals surface area contributed by atoms with Gasteiger partial charge in [0.2, 0.25) is 0 Å². The van der Waals surface area contributed by atoms with Gasteiger partial charge in [0.15, 0.2) is 0 Å². The van der Waals surface area contributed by atoms with Gasteiger partial charge in [-0.2, -0.15) is 0 Å². The zero-order valence-electron chi connectivity index (χ0n) is 11.3. The van der Waals surface area contributed by atoms with Gasteiger partial charge in [-0.15, -0.1) is 0 Å². The molecule has 0 amide bonds. The van der Waals surface area contributed by atoms with Crippen LogP contribution in [0.5, 0.6) is 0 Å². The largest absolute Gasteiger partial charge is 0.384 e. The second-order valence-electron chi connectivity index (χ2n) is 5.58. The van der Waals surface area contributed by atoms with Gasteiger partial charge in [-0.1, -0.05) is 25.1 Å². The molecule has 1 fully saturated rings. The normalized spacial score (nSPS) is 25.0. The molecule has 1 aliphatic heterocycles. The highest BCUT2D eigenvalue weighted by Crippen LogP contribution is 2.23. The summed E-state index contributed by atoms with van der Waals surface area (Å²) in [6, 6.07) is 8.70. The van der Waals surface area contributed by atoms with Crippen molar-refractivity contribution in [2.45, 2.75) is 39.3 Å². The fourth-order valence-corrected chi connectivity index (χ4v) is 2.67. The molecular weight excluding hydrogens is 222 g/mol. The van der Waals surface area contributed by atoms with E-state index < -0.39 is 0 Å². The SMILES string of the molecule is CC1CCC(C)N(Cc2cccc(C(=N)N)c2)C1. The van der Waals surface area contributed by atoms with E-state index in [0.717, 1.165) is 18.0 Å². The van der Waals surface area contributed by atoms with E-state index in [0.29, 0.717) is 6.04 Å². The summed E-state index contributed by atoms with van der Waals surface area (Å²) in [6.45, 7) is 6.77. The summed E-state index contributed by atoms with van der Waals surface area (Å²) < 4.78 is 0. The van der Waals surface area contributed by atoms with E-state index in [1.54, 1.807) is 0 Å². The first-order valence-corrected chi connectivity index (χ1v) is 6.73. The van der Waals surface area contributed by atoms with E-state index in [9.17, 15) is 0 Å². The minimum Gasteiger partial charge on any atom is -0.384 e. The van der Waals surface area contributed by atoms with E-state index >= 15 is 0 Å². The monoisotopic (exact) mass is 245 g/mol. The molecule has 1 heterocycles. The van der Waals surface area contributed by atoms with E-state index in [-0.39, 0.29) is 5.84 Å². The Bertz CT molecular complexity index is 428. The maximum absolute atomic E-state index is 7.49. The molecule has 1 aliphatic rings. The van der Waals surface area contributed by atoms with E-state index in [1.807, 2.05) is 18.2 Å². The molecule has 0 aliphatic carbocycles. The van der Waals surface area contributed by atoms with Crippen LogP contribution in [0.4, 0.5) is 0 Å². The van der Waals surface area contributed by atoms with Crippen molar-refractivity contribution in [1.82, 2.24) is 4.90 Å². The Morgan fingerprint density at radius 1 is 1.39 bits per heavy atom. The van der Waals surface area contributed by atoms with Gasteiger partial charge in [-0.25, -0.2) is 0 Å². The molecule has 0 aromatic heterocycles. The van der Waals surface area contributed by atoms with Gasteiger partial charge in [0.05, 0.1) is 0 Å². The van der Waals surface area contributed by atoms with Crippen molar-refractivity contribution in [3.05, 3.63) is 35.4 Å². The van der Waals surface area contributed by atoms with Crippen LogP contribution in [0.15, 0.2) is 24.3 Å². The van der Waals surface area contributed by atoms with Crippen molar-refractivity contribution in [2.75, 3.05) is 6.54 Å². The maximum atomic E-state index is 7.49. The molecule has 2 atom stereocenters. The van der Waals surface area contributed by atoms with Crippen LogP contribution in [0.1, 0.15) is 37.8 Å². The second kappa shape index (κ2) is 5.53. The van der Waals surface area contributed by atoms with Crippen LogP contribution in [-0.4, -0.2) is 23.3 Å². The highest BCUT2D eigenvalue weighted by molar-refractivity contribution is 5.95. The van der Waals surface area contributed by atoms with Crippen LogP contribution >= 0.6 is 0 Å². The van der Waals surface area contributed by atoms with Crippen molar-refractivity contribution < 1.29 is 0 Å². The number of nitrogen functional groups attached to an aromatic ring is 1. The van der Waals surface area contributed by atoms with E-state index in [2.05, 4.69) is 24.8 Å². The number of likely N-dealkylation sites (tertiary alicyclic amines) is 1. The van der Waals surface area contributed by atoms with Gasteiger partial charge < -0.3 is 5.73 Å². The molecule has 2 unspecified atom stereocenters. The van der Waals surface area contributed by atoms with Gasteiger partial charge in [-0.05, 0) is 37.3 Å². The molecule has 98 valence electrons. The lowest BCUT2D eigenvalue weighted by molar-refractivity contribution is 0.117. The first kappa shape index (κ1) is 13.1. The highest BCUT2D eigenvalue weighted by Gasteiger charge is 2.22. The molecular formula is C15H23N3. The zero-order chi connectivity index (χ0) is 13.1. The number of benzene rings is 1. The molecule has 1 aromatic rings. The Labute approximate surface area is 109 Å². The third-order valence-corrected chi connectivity index (χ3v) is 3.87. The van der Waals surface area contributed by atoms with Gasteiger partial charge in [0, 0.05) is 24.7 Å². The topological polar surface area (TPSA) is 53.1 Å². The lowest BCUT2D eigenvalue weighted by Gasteiger charge is -2.36. The number of nitrogens with two attached hydrogens (primary N) is 1. The van der Waals surface area contributed by atoms with Crippen LogP contribution in [0.2, 0.25) is 0 Å². The van der Waals surface area contributed by atoms with Crippen molar-refractivity contribution >= 4 is 5.84 Å². The molecule has 0 spiro atoms. The minimum atomic E-state index is 0.150. The number of piperidine rings is 1. The van der Waals surface area contributed by atoms with E-state index in [1.165, 1.54) is 24.9 Å². The predicted octanol–water partition coefficient (Wildman–Crippen LogP) is 2.59. The van der Waals surface area contributed by atoms with Crippen LogP contribution in [0.25, 0.3) is 0 Å². The maximum Gasteiger partial charge on any atom is 0.122 e. The molecule has 3 heteroatoms. The lowest BCUT2D eigenvalue weighted by atomic mass is 9.94. The average molecular weight is 245 g/mol. The summed E-state index contributed by atoms with van der Waals surface area (Å²) in [4.78, 5) is 2.54. The van der Waals surface area contributed by atoms with Crippen molar-refractivity contribution in [2.24, 2.45) is 11.7 Å². The van der Waals surface area contributed by atoms with Crippen LogP contribution in [0, 0.1) is 11.3 Å². The van der Waals surface area contributed by atoms with Crippen molar-refractivity contribution in [1.29, 1.82) is 5.41 Å². The molecule has 0 bridgehead atoms. The first-order chi connectivity index (χ1) is 8.56. The quantitative estimate of drug-likeness (QED) is 0.635. The average Bonchev–Trinajstić information content (AvgIpc) is 2.34. The fraction of sp³-hybridized carbons (Fsp3) is 0.533. The molecule has 3 nitrogen and oxygen atoms in total. The number of amidine groups is 1. The molecule has 1 saturated heterocycles. The van der Waals surface area contributed by atoms with Gasteiger partial charge >= 0.3 is 0 Å². The fourth-order valence-electron chi connectivity index (χ4n) is 2.67. The zero-order valence-corrected chi connectivity index (χ0v) is 11.3. The second-order valence-corrected chi connectivity index (χ2v) is 5.58. The molecule has 2 rings (SSSR count). The number of nitrogens with zero attached hydrogens (tertiary/aromatic N) is 1. The summed E-state index contributed by atoms with van der Waals surface area (Å²) in [5.74, 6) is 0.939. The Balaban J connectivity index is 2.08. The lowest BCUT2D eigenvalue weighted by Crippen LogP contribution is -2.40. The van der Waals surface area contributed by atoms with Gasteiger partial charge in [0.1, 0.15) is 5.84 Å². The molecule has 1 aromatic carbocycles. The van der Waals surface area contributed by atoms with E-state index in [4.69, 9.17) is 11.1 Å². The number of nitrogens with one attached hydrogen (secondary N) is 1. The van der Waals surface area contributed by atoms with Gasteiger partial charge in [0.25, 0.3) is 0 Å². The minimum absolute atomic E-state index is 0.150. The molecule has 3 N–H and O–H groups in total. The molecule has 0 radical (unpaired) electrons. The van der Waals surface area contributed by atoms with Gasteiger partial charge in [-0.3, -0.25) is 10.3 Å². The molecule has 18 heavy (non-hydrogen) atoms. The van der Waals surface area contributed by atoms with Crippen molar-refractivity contribution in [3.8, 4) is 0 Å². The number of hydrogen-bond donors (Lipinski definition) is 2. The summed E-state index contributed by atoms with van der Waals surface area (Å²) >= 11 is 0. The Morgan fingerprint density at radius 3 is 2.89 bits per heavy atom. The Hall–Kier alpha value is -1.35. The third-order valence-electron chi connectivity index (χ3n) is 3.87. The molecule has 0 saturated carbocycles.